The highest BCUT2D eigenvalue weighted by Crippen LogP contribution is 2.23. The Balaban J connectivity index is 1.90. The van der Waals surface area contributed by atoms with E-state index < -0.39 is 0 Å². The normalized spacial score (nSPS) is 11.6. The Morgan fingerprint density at radius 3 is 2.76 bits per heavy atom. The first kappa shape index (κ1) is 15.3. The van der Waals surface area contributed by atoms with Crippen molar-refractivity contribution in [2.75, 3.05) is 6.54 Å². The molecular formula is C15H22N4O2. The van der Waals surface area contributed by atoms with E-state index in [9.17, 15) is 4.79 Å². The fourth-order valence-electron chi connectivity index (χ4n) is 2.00. The molecule has 0 aromatic carbocycles. The summed E-state index contributed by atoms with van der Waals surface area (Å²) in [5.74, 6) is 1.57. The van der Waals surface area contributed by atoms with Gasteiger partial charge in [0.1, 0.15) is 11.5 Å². The predicted molar refractivity (Wildman–Crippen MR) is 80.6 cm³/mol. The number of amides is 1. The number of hydrogen-bond acceptors (Lipinski definition) is 4. The fourth-order valence-corrected chi connectivity index (χ4v) is 2.00. The molecule has 0 aliphatic heterocycles. The number of rotatable bonds is 5. The van der Waals surface area contributed by atoms with Crippen LogP contribution >= 0.6 is 0 Å². The number of aromatic nitrogens is 2. The van der Waals surface area contributed by atoms with Crippen molar-refractivity contribution < 1.29 is 9.21 Å². The summed E-state index contributed by atoms with van der Waals surface area (Å²) >= 11 is 0. The van der Waals surface area contributed by atoms with Gasteiger partial charge in [-0.3, -0.25) is 9.89 Å². The zero-order chi connectivity index (χ0) is 15.5. The minimum absolute atomic E-state index is 0.0265. The van der Waals surface area contributed by atoms with Crippen LogP contribution in [-0.2, 0) is 11.3 Å². The van der Waals surface area contributed by atoms with Crippen LogP contribution in [0.25, 0.3) is 11.5 Å². The highest BCUT2D eigenvalue weighted by atomic mass is 16.3. The zero-order valence-electron chi connectivity index (χ0n) is 12.9. The van der Waals surface area contributed by atoms with Crippen LogP contribution in [0.5, 0.6) is 0 Å². The van der Waals surface area contributed by atoms with Crippen LogP contribution in [-0.4, -0.2) is 28.2 Å². The van der Waals surface area contributed by atoms with Crippen molar-refractivity contribution in [3.05, 3.63) is 29.7 Å². The Hall–Kier alpha value is -2.08. The van der Waals surface area contributed by atoms with Gasteiger partial charge in [0.05, 0.1) is 12.7 Å². The Morgan fingerprint density at radius 2 is 2.14 bits per heavy atom. The van der Waals surface area contributed by atoms with E-state index in [0.29, 0.717) is 6.54 Å². The van der Waals surface area contributed by atoms with Crippen LogP contribution in [0.2, 0.25) is 0 Å². The molecule has 2 aromatic heterocycles. The Labute approximate surface area is 124 Å². The smallest absolute Gasteiger partial charge is 0.234 e. The van der Waals surface area contributed by atoms with Crippen LogP contribution < -0.4 is 10.6 Å². The van der Waals surface area contributed by atoms with Gasteiger partial charge in [-0.2, -0.15) is 5.10 Å². The van der Waals surface area contributed by atoms with E-state index in [1.165, 1.54) is 0 Å². The van der Waals surface area contributed by atoms with Crippen molar-refractivity contribution in [2.45, 2.75) is 39.8 Å². The molecule has 0 saturated carbocycles. The van der Waals surface area contributed by atoms with Crippen molar-refractivity contribution >= 4 is 5.91 Å². The van der Waals surface area contributed by atoms with Crippen LogP contribution in [0, 0.1) is 6.92 Å². The van der Waals surface area contributed by atoms with Gasteiger partial charge < -0.3 is 15.1 Å². The molecule has 114 valence electrons. The lowest BCUT2D eigenvalue weighted by molar-refractivity contribution is -0.121. The van der Waals surface area contributed by atoms with Crippen molar-refractivity contribution in [3.8, 4) is 11.5 Å². The fraction of sp³-hybridized carbons (Fsp3) is 0.467. The lowest BCUT2D eigenvalue weighted by Crippen LogP contribution is -2.44. The molecule has 2 aromatic rings. The van der Waals surface area contributed by atoms with Crippen LogP contribution in [0.1, 0.15) is 32.1 Å². The molecular weight excluding hydrogens is 268 g/mol. The number of aromatic amines is 1. The molecule has 0 unspecified atom stereocenters. The number of furan rings is 1. The minimum Gasteiger partial charge on any atom is -0.460 e. The molecule has 6 heteroatoms. The Morgan fingerprint density at radius 1 is 1.38 bits per heavy atom. The predicted octanol–water partition coefficient (Wildman–Crippen LogP) is 1.98. The van der Waals surface area contributed by atoms with Crippen molar-refractivity contribution in [1.82, 2.24) is 20.8 Å². The van der Waals surface area contributed by atoms with Gasteiger partial charge in [-0.05, 0) is 39.8 Å². The van der Waals surface area contributed by atoms with E-state index in [1.807, 2.05) is 39.8 Å². The lowest BCUT2D eigenvalue weighted by atomic mass is 10.1. The first-order chi connectivity index (χ1) is 9.85. The topological polar surface area (TPSA) is 83.0 Å². The van der Waals surface area contributed by atoms with Crippen molar-refractivity contribution in [3.63, 3.8) is 0 Å². The molecule has 0 bridgehead atoms. The van der Waals surface area contributed by atoms with Gasteiger partial charge >= 0.3 is 0 Å². The maximum absolute atomic E-state index is 11.7. The summed E-state index contributed by atoms with van der Waals surface area (Å²) in [5, 5.41) is 13.0. The molecule has 0 atom stereocenters. The summed E-state index contributed by atoms with van der Waals surface area (Å²) < 4.78 is 5.58. The summed E-state index contributed by atoms with van der Waals surface area (Å²) in [7, 11) is 0. The molecule has 0 radical (unpaired) electrons. The summed E-state index contributed by atoms with van der Waals surface area (Å²) in [6.07, 6.45) is 1.74. The number of nitrogens with zero attached hydrogens (tertiary/aromatic N) is 1. The van der Waals surface area contributed by atoms with E-state index in [0.717, 1.165) is 22.8 Å². The lowest BCUT2D eigenvalue weighted by Gasteiger charge is -2.20. The van der Waals surface area contributed by atoms with Crippen molar-refractivity contribution in [2.24, 2.45) is 0 Å². The second-order valence-electron chi connectivity index (χ2n) is 6.08. The summed E-state index contributed by atoms with van der Waals surface area (Å²) in [6, 6.07) is 3.81. The highest BCUT2D eigenvalue weighted by Gasteiger charge is 2.14. The van der Waals surface area contributed by atoms with E-state index in [-0.39, 0.29) is 18.0 Å². The second-order valence-corrected chi connectivity index (χ2v) is 6.08. The first-order valence-electron chi connectivity index (χ1n) is 6.96. The average Bonchev–Trinajstić information content (AvgIpc) is 2.95. The number of H-pyrrole nitrogens is 1. The first-order valence-corrected chi connectivity index (χ1v) is 6.96. The minimum atomic E-state index is -0.217. The number of hydrogen-bond donors (Lipinski definition) is 3. The van der Waals surface area contributed by atoms with E-state index in [1.54, 1.807) is 6.20 Å². The van der Waals surface area contributed by atoms with Gasteiger partial charge in [0.15, 0.2) is 5.76 Å². The molecule has 0 aliphatic rings. The number of aryl methyl sites for hydroxylation is 1. The third kappa shape index (κ3) is 4.46. The molecule has 3 N–H and O–H groups in total. The summed E-state index contributed by atoms with van der Waals surface area (Å²) in [6.45, 7) is 8.58. The molecule has 21 heavy (non-hydrogen) atoms. The maximum atomic E-state index is 11.7. The summed E-state index contributed by atoms with van der Waals surface area (Å²) in [4.78, 5) is 11.7. The van der Waals surface area contributed by atoms with Crippen LogP contribution in [0.15, 0.2) is 22.7 Å². The standard InChI is InChI=1S/C15H22N4O2/c1-10-5-6-12(21-10)14-11(8-17-19-14)7-16-9-13(20)18-15(2,3)4/h5-6,8,16H,7,9H2,1-4H3,(H,17,19)(H,18,20). The van der Waals surface area contributed by atoms with Gasteiger partial charge in [0, 0.05) is 17.6 Å². The maximum Gasteiger partial charge on any atom is 0.234 e. The summed E-state index contributed by atoms with van der Waals surface area (Å²) in [5.41, 5.74) is 1.59. The Bertz CT molecular complexity index is 607. The molecule has 0 fully saturated rings. The van der Waals surface area contributed by atoms with E-state index >= 15 is 0 Å². The van der Waals surface area contributed by atoms with Gasteiger partial charge in [-0.1, -0.05) is 0 Å². The third-order valence-corrected chi connectivity index (χ3v) is 2.82. The third-order valence-electron chi connectivity index (χ3n) is 2.82. The molecule has 0 saturated heterocycles. The quantitative estimate of drug-likeness (QED) is 0.786. The number of nitrogens with one attached hydrogen (secondary N) is 3. The average molecular weight is 290 g/mol. The Kier molecular flexibility index (Phi) is 4.47. The highest BCUT2D eigenvalue weighted by molar-refractivity contribution is 5.78. The number of carbonyl (C=O) groups excluding carboxylic acids is 1. The van der Waals surface area contributed by atoms with Crippen LogP contribution in [0.3, 0.4) is 0 Å². The second kappa shape index (κ2) is 6.13. The molecule has 6 nitrogen and oxygen atoms in total. The largest absolute Gasteiger partial charge is 0.460 e. The van der Waals surface area contributed by atoms with Gasteiger partial charge in [-0.25, -0.2) is 0 Å². The monoisotopic (exact) mass is 290 g/mol. The number of carbonyl (C=O) groups is 1. The molecule has 0 spiro atoms. The molecule has 2 rings (SSSR count). The SMILES string of the molecule is Cc1ccc(-c2[nH]ncc2CNCC(=O)NC(C)(C)C)o1. The molecule has 2 heterocycles. The van der Waals surface area contributed by atoms with Crippen molar-refractivity contribution in [1.29, 1.82) is 0 Å². The zero-order valence-corrected chi connectivity index (χ0v) is 12.9. The molecule has 0 aliphatic carbocycles. The molecule has 1 amide bonds. The van der Waals surface area contributed by atoms with Gasteiger partial charge in [0.25, 0.3) is 0 Å². The van der Waals surface area contributed by atoms with E-state index in [2.05, 4.69) is 20.8 Å². The van der Waals surface area contributed by atoms with E-state index in [4.69, 9.17) is 4.42 Å². The van der Waals surface area contributed by atoms with Gasteiger partial charge in [0.2, 0.25) is 5.91 Å². The van der Waals surface area contributed by atoms with Gasteiger partial charge in [-0.15, -0.1) is 0 Å². The van der Waals surface area contributed by atoms with Crippen LogP contribution in [0.4, 0.5) is 0 Å².